The predicted octanol–water partition coefficient (Wildman–Crippen LogP) is 1.66. The lowest BCUT2D eigenvalue weighted by Gasteiger charge is -2.42. The van der Waals surface area contributed by atoms with Crippen molar-refractivity contribution in [3.05, 3.63) is 0 Å². The van der Waals surface area contributed by atoms with Crippen LogP contribution >= 0.6 is 0 Å². The number of alkyl halides is 3. The van der Waals surface area contributed by atoms with Gasteiger partial charge in [0, 0.05) is 12.1 Å². The van der Waals surface area contributed by atoms with E-state index in [1.807, 2.05) is 5.32 Å². The highest BCUT2D eigenvalue weighted by Crippen LogP contribution is 2.26. The summed E-state index contributed by atoms with van der Waals surface area (Å²) in [5.74, 6) is -0.530. The smallest absolute Gasteiger partial charge is 0.346 e. The van der Waals surface area contributed by atoms with Gasteiger partial charge in [-0.25, -0.2) is 0 Å². The van der Waals surface area contributed by atoms with Crippen LogP contribution in [-0.2, 0) is 4.79 Å². The molecule has 2 aliphatic heterocycles. The van der Waals surface area contributed by atoms with Crippen molar-refractivity contribution in [3.8, 4) is 0 Å². The van der Waals surface area contributed by atoms with Crippen LogP contribution in [0.3, 0.4) is 0 Å². The van der Waals surface area contributed by atoms with Crippen molar-refractivity contribution in [2.75, 3.05) is 19.6 Å². The molecule has 2 rings (SSSR count). The van der Waals surface area contributed by atoms with Crippen molar-refractivity contribution in [1.29, 1.82) is 0 Å². The van der Waals surface area contributed by atoms with Crippen molar-refractivity contribution in [1.82, 2.24) is 15.5 Å². The van der Waals surface area contributed by atoms with Crippen molar-refractivity contribution in [2.45, 2.75) is 63.3 Å². The van der Waals surface area contributed by atoms with Crippen LogP contribution in [-0.4, -0.2) is 54.7 Å². The topological polar surface area (TPSA) is 44.4 Å². The van der Waals surface area contributed by atoms with E-state index in [4.69, 9.17) is 0 Å². The number of nitrogens with zero attached hydrogens (tertiary/aromatic N) is 1. The first-order valence-electron chi connectivity index (χ1n) is 7.72. The van der Waals surface area contributed by atoms with Gasteiger partial charge in [-0.05, 0) is 45.7 Å². The van der Waals surface area contributed by atoms with Crippen LogP contribution in [0, 0.1) is 0 Å². The maximum Gasteiger partial charge on any atom is 0.405 e. The van der Waals surface area contributed by atoms with Gasteiger partial charge >= 0.3 is 6.18 Å². The minimum Gasteiger partial charge on any atom is -0.346 e. The molecule has 7 heteroatoms. The zero-order chi connectivity index (χ0) is 15.5. The lowest BCUT2D eigenvalue weighted by atomic mass is 9.93. The maximum absolute atomic E-state index is 12.2. The molecule has 1 amide bonds. The number of carbonyl (C=O) groups excluding carboxylic acids is 1. The predicted molar refractivity (Wildman–Crippen MR) is 73.9 cm³/mol. The highest BCUT2D eigenvalue weighted by Gasteiger charge is 2.37. The summed E-state index contributed by atoms with van der Waals surface area (Å²) in [7, 11) is 0. The molecule has 2 heterocycles. The molecular weight excluding hydrogens is 283 g/mol. The average Bonchev–Trinajstić information content (AvgIpc) is 2.97. The van der Waals surface area contributed by atoms with Gasteiger partial charge < -0.3 is 10.6 Å². The minimum atomic E-state index is -4.36. The highest BCUT2D eigenvalue weighted by atomic mass is 19.4. The van der Waals surface area contributed by atoms with Gasteiger partial charge in [-0.2, -0.15) is 13.2 Å². The van der Waals surface area contributed by atoms with Gasteiger partial charge in [0.05, 0.1) is 6.04 Å². The Morgan fingerprint density at radius 2 is 2.10 bits per heavy atom. The number of likely N-dealkylation sites (tertiary alicyclic amines) is 1. The molecule has 2 aliphatic rings. The molecule has 3 unspecified atom stereocenters. The number of piperidine rings is 1. The molecule has 0 saturated carbocycles. The van der Waals surface area contributed by atoms with Gasteiger partial charge in [0.2, 0.25) is 5.91 Å². The molecule has 0 aromatic rings. The summed E-state index contributed by atoms with van der Waals surface area (Å²) < 4.78 is 36.6. The van der Waals surface area contributed by atoms with E-state index < -0.39 is 24.7 Å². The van der Waals surface area contributed by atoms with E-state index in [0.717, 1.165) is 45.2 Å². The summed E-state index contributed by atoms with van der Waals surface area (Å²) in [5.41, 5.74) is 0. The third-order valence-corrected chi connectivity index (χ3v) is 4.50. The van der Waals surface area contributed by atoms with Crippen LogP contribution in [0.1, 0.15) is 39.0 Å². The molecule has 4 nitrogen and oxygen atoms in total. The molecule has 122 valence electrons. The SMILES string of the molecule is CC(C(=O)NCC(F)(F)F)N1CCCCC1C1CCCN1. The lowest BCUT2D eigenvalue weighted by Crippen LogP contribution is -2.57. The van der Waals surface area contributed by atoms with E-state index >= 15 is 0 Å². The summed E-state index contributed by atoms with van der Waals surface area (Å²) in [6.45, 7) is 2.22. The molecule has 2 fully saturated rings. The van der Waals surface area contributed by atoms with E-state index in [1.165, 1.54) is 0 Å². The normalized spacial score (nSPS) is 29.3. The van der Waals surface area contributed by atoms with E-state index in [1.54, 1.807) is 6.92 Å². The summed E-state index contributed by atoms with van der Waals surface area (Å²) in [4.78, 5) is 14.1. The Morgan fingerprint density at radius 3 is 2.71 bits per heavy atom. The quantitative estimate of drug-likeness (QED) is 0.830. The van der Waals surface area contributed by atoms with Gasteiger partial charge in [-0.1, -0.05) is 6.42 Å². The molecule has 0 spiro atoms. The third-order valence-electron chi connectivity index (χ3n) is 4.50. The zero-order valence-electron chi connectivity index (χ0n) is 12.4. The second-order valence-electron chi connectivity index (χ2n) is 6.01. The van der Waals surface area contributed by atoms with Crippen molar-refractivity contribution >= 4 is 5.91 Å². The van der Waals surface area contributed by atoms with Crippen LogP contribution in [0.15, 0.2) is 0 Å². The summed E-state index contributed by atoms with van der Waals surface area (Å²) in [6.07, 6.45) is 0.982. The van der Waals surface area contributed by atoms with Crippen molar-refractivity contribution in [2.24, 2.45) is 0 Å². The van der Waals surface area contributed by atoms with Crippen LogP contribution < -0.4 is 10.6 Å². The number of rotatable bonds is 4. The maximum atomic E-state index is 12.2. The van der Waals surface area contributed by atoms with E-state index in [9.17, 15) is 18.0 Å². The van der Waals surface area contributed by atoms with Gasteiger partial charge in [-0.15, -0.1) is 0 Å². The van der Waals surface area contributed by atoms with Gasteiger partial charge in [0.1, 0.15) is 6.54 Å². The van der Waals surface area contributed by atoms with Crippen molar-refractivity contribution in [3.63, 3.8) is 0 Å². The molecule has 21 heavy (non-hydrogen) atoms. The first-order valence-corrected chi connectivity index (χ1v) is 7.72. The first-order chi connectivity index (χ1) is 9.88. The summed E-state index contributed by atoms with van der Waals surface area (Å²) >= 11 is 0. The Balaban J connectivity index is 1.94. The molecule has 0 aromatic carbocycles. The van der Waals surface area contributed by atoms with E-state index in [-0.39, 0.29) is 6.04 Å². The summed E-state index contributed by atoms with van der Waals surface area (Å²) in [6, 6.07) is 0.108. The Kier molecular flexibility index (Phi) is 5.48. The lowest BCUT2D eigenvalue weighted by molar-refractivity contribution is -0.142. The molecule has 3 atom stereocenters. The zero-order valence-corrected chi connectivity index (χ0v) is 12.4. The average molecular weight is 307 g/mol. The number of halogens is 3. The number of nitrogens with one attached hydrogen (secondary N) is 2. The minimum absolute atomic E-state index is 0.257. The number of amides is 1. The Bertz CT molecular complexity index is 356. The number of carbonyl (C=O) groups is 1. The second-order valence-corrected chi connectivity index (χ2v) is 6.01. The molecule has 0 aliphatic carbocycles. The van der Waals surface area contributed by atoms with Crippen LogP contribution in [0.4, 0.5) is 13.2 Å². The fourth-order valence-electron chi connectivity index (χ4n) is 3.42. The molecular formula is C14H24F3N3O. The fraction of sp³-hybridized carbons (Fsp3) is 0.929. The van der Waals surface area contributed by atoms with E-state index in [2.05, 4.69) is 10.2 Å². The van der Waals surface area contributed by atoms with Crippen LogP contribution in [0.5, 0.6) is 0 Å². The van der Waals surface area contributed by atoms with Gasteiger partial charge in [0.15, 0.2) is 0 Å². The molecule has 0 aromatic heterocycles. The Morgan fingerprint density at radius 1 is 1.33 bits per heavy atom. The largest absolute Gasteiger partial charge is 0.405 e. The van der Waals surface area contributed by atoms with Crippen LogP contribution in [0.2, 0.25) is 0 Å². The monoisotopic (exact) mass is 307 g/mol. The summed E-state index contributed by atoms with van der Waals surface area (Å²) in [5, 5.41) is 5.46. The second kappa shape index (κ2) is 6.96. The molecule has 2 saturated heterocycles. The molecule has 0 radical (unpaired) electrons. The highest BCUT2D eigenvalue weighted by molar-refractivity contribution is 5.81. The fourth-order valence-corrected chi connectivity index (χ4v) is 3.42. The number of hydrogen-bond donors (Lipinski definition) is 2. The third kappa shape index (κ3) is 4.57. The molecule has 0 bridgehead atoms. The molecule has 2 N–H and O–H groups in total. The van der Waals surface area contributed by atoms with Gasteiger partial charge in [0.25, 0.3) is 0 Å². The Hall–Kier alpha value is -0.820. The first kappa shape index (κ1) is 16.5. The van der Waals surface area contributed by atoms with E-state index in [0.29, 0.717) is 6.04 Å². The Labute approximate surface area is 123 Å². The van der Waals surface area contributed by atoms with Crippen molar-refractivity contribution < 1.29 is 18.0 Å². The van der Waals surface area contributed by atoms with Gasteiger partial charge in [-0.3, -0.25) is 9.69 Å². The van der Waals surface area contributed by atoms with Crippen LogP contribution in [0.25, 0.3) is 0 Å². The number of hydrogen-bond acceptors (Lipinski definition) is 3. The standard InChI is InChI=1S/C14H24F3N3O/c1-10(13(21)19-9-14(15,16)17)20-8-3-2-6-12(20)11-5-4-7-18-11/h10-12,18H,2-9H2,1H3,(H,19,21).